The molecule has 0 radical (unpaired) electrons. The summed E-state index contributed by atoms with van der Waals surface area (Å²) < 4.78 is 10.7. The van der Waals surface area contributed by atoms with Crippen LogP contribution in [-0.4, -0.2) is 40.7 Å². The molecule has 1 aromatic heterocycles. The minimum absolute atomic E-state index is 0.0799. The van der Waals surface area contributed by atoms with E-state index in [9.17, 15) is 0 Å². The molecule has 1 fully saturated rings. The van der Waals surface area contributed by atoms with Gasteiger partial charge in [-0.05, 0) is 5.56 Å². The SMILES string of the molecule is Cc1nc(-c2ccc(C3CN(C(=N)N)CCO3)cc2)no1. The topological polar surface area (TPSA) is 101 Å². The first-order valence-electron chi connectivity index (χ1n) is 6.74. The quantitative estimate of drug-likeness (QED) is 0.638. The molecule has 2 heterocycles. The van der Waals surface area contributed by atoms with Crippen molar-refractivity contribution in [3.8, 4) is 11.4 Å². The molecule has 110 valence electrons. The maximum absolute atomic E-state index is 7.51. The second kappa shape index (κ2) is 5.53. The number of aromatic nitrogens is 2. The number of hydrogen-bond donors (Lipinski definition) is 2. The third-order valence-electron chi connectivity index (χ3n) is 3.48. The zero-order valence-electron chi connectivity index (χ0n) is 11.7. The van der Waals surface area contributed by atoms with Crippen LogP contribution in [0.2, 0.25) is 0 Å². The van der Waals surface area contributed by atoms with Gasteiger partial charge in [0.2, 0.25) is 11.7 Å². The Morgan fingerprint density at radius 1 is 1.38 bits per heavy atom. The minimum atomic E-state index is -0.0799. The van der Waals surface area contributed by atoms with Gasteiger partial charge in [0, 0.05) is 19.0 Å². The second-order valence-corrected chi connectivity index (χ2v) is 4.95. The molecule has 1 unspecified atom stereocenters. The van der Waals surface area contributed by atoms with E-state index < -0.39 is 0 Å². The molecule has 3 N–H and O–H groups in total. The Kier molecular flexibility index (Phi) is 3.57. The van der Waals surface area contributed by atoms with Crippen molar-refractivity contribution in [3.05, 3.63) is 35.7 Å². The number of nitrogens with two attached hydrogens (primary N) is 1. The van der Waals surface area contributed by atoms with Crippen LogP contribution < -0.4 is 5.73 Å². The highest BCUT2D eigenvalue weighted by Crippen LogP contribution is 2.24. The highest BCUT2D eigenvalue weighted by Gasteiger charge is 2.22. The predicted molar refractivity (Wildman–Crippen MR) is 76.7 cm³/mol. The van der Waals surface area contributed by atoms with Gasteiger partial charge in [0.25, 0.3) is 0 Å². The van der Waals surface area contributed by atoms with Crippen LogP contribution in [0.4, 0.5) is 0 Å². The van der Waals surface area contributed by atoms with Crippen molar-refractivity contribution in [2.45, 2.75) is 13.0 Å². The van der Waals surface area contributed by atoms with Crippen LogP contribution in [-0.2, 0) is 4.74 Å². The summed E-state index contributed by atoms with van der Waals surface area (Å²) >= 11 is 0. The summed E-state index contributed by atoms with van der Waals surface area (Å²) in [5.74, 6) is 1.21. The lowest BCUT2D eigenvalue weighted by molar-refractivity contribution is -0.00751. The van der Waals surface area contributed by atoms with Gasteiger partial charge in [-0.1, -0.05) is 29.4 Å². The summed E-state index contributed by atoms with van der Waals surface area (Å²) in [6.07, 6.45) is -0.0799. The van der Waals surface area contributed by atoms with Gasteiger partial charge in [0.15, 0.2) is 5.96 Å². The van der Waals surface area contributed by atoms with Gasteiger partial charge in [-0.15, -0.1) is 0 Å². The molecule has 1 saturated heterocycles. The van der Waals surface area contributed by atoms with Crippen LogP contribution in [0, 0.1) is 12.3 Å². The molecular weight excluding hydrogens is 270 g/mol. The van der Waals surface area contributed by atoms with Crippen LogP contribution in [0.15, 0.2) is 28.8 Å². The van der Waals surface area contributed by atoms with Gasteiger partial charge in [-0.3, -0.25) is 5.41 Å². The fourth-order valence-corrected chi connectivity index (χ4v) is 2.33. The first kappa shape index (κ1) is 13.6. The summed E-state index contributed by atoms with van der Waals surface area (Å²) in [5, 5.41) is 11.4. The average molecular weight is 287 g/mol. The van der Waals surface area contributed by atoms with Crippen molar-refractivity contribution in [2.24, 2.45) is 5.73 Å². The summed E-state index contributed by atoms with van der Waals surface area (Å²) in [4.78, 5) is 6.01. The molecule has 21 heavy (non-hydrogen) atoms. The summed E-state index contributed by atoms with van der Waals surface area (Å²) in [5.41, 5.74) is 7.48. The van der Waals surface area contributed by atoms with Gasteiger partial charge in [0.05, 0.1) is 13.2 Å². The fraction of sp³-hybridized carbons (Fsp3) is 0.357. The lowest BCUT2D eigenvalue weighted by Gasteiger charge is -2.33. The van der Waals surface area contributed by atoms with Crippen molar-refractivity contribution in [1.29, 1.82) is 5.41 Å². The third kappa shape index (κ3) is 2.87. The molecule has 2 aromatic rings. The maximum Gasteiger partial charge on any atom is 0.223 e. The van der Waals surface area contributed by atoms with E-state index in [1.165, 1.54) is 0 Å². The number of benzene rings is 1. The van der Waals surface area contributed by atoms with Crippen molar-refractivity contribution in [1.82, 2.24) is 15.0 Å². The molecule has 0 amide bonds. The van der Waals surface area contributed by atoms with E-state index in [0.29, 0.717) is 31.4 Å². The van der Waals surface area contributed by atoms with Crippen LogP contribution in [0.3, 0.4) is 0 Å². The monoisotopic (exact) mass is 287 g/mol. The van der Waals surface area contributed by atoms with E-state index in [-0.39, 0.29) is 12.1 Å². The molecular formula is C14H17N5O2. The first-order chi connectivity index (χ1) is 10.1. The zero-order valence-corrected chi connectivity index (χ0v) is 11.7. The van der Waals surface area contributed by atoms with Gasteiger partial charge >= 0.3 is 0 Å². The predicted octanol–water partition coefficient (Wildman–Crippen LogP) is 1.31. The number of morpholine rings is 1. The standard InChI is InChI=1S/C14H17N5O2/c1-9-17-13(18-21-9)11-4-2-10(3-5-11)12-8-19(14(15)16)6-7-20-12/h2-5,12H,6-8H2,1H3,(H3,15,16). The molecule has 1 aliphatic rings. The first-order valence-corrected chi connectivity index (χ1v) is 6.74. The average Bonchev–Trinajstić information content (AvgIpc) is 2.94. The highest BCUT2D eigenvalue weighted by molar-refractivity contribution is 5.74. The van der Waals surface area contributed by atoms with Crippen molar-refractivity contribution in [3.63, 3.8) is 0 Å². The lowest BCUT2D eigenvalue weighted by Crippen LogP contribution is -2.45. The van der Waals surface area contributed by atoms with Crippen molar-refractivity contribution in [2.75, 3.05) is 19.7 Å². The molecule has 1 atom stereocenters. The Hall–Kier alpha value is -2.41. The normalized spacial score (nSPS) is 18.7. The Balaban J connectivity index is 1.76. The smallest absolute Gasteiger partial charge is 0.223 e. The number of nitrogens with zero attached hydrogens (tertiary/aromatic N) is 3. The van der Waals surface area contributed by atoms with Gasteiger partial charge in [0.1, 0.15) is 6.10 Å². The van der Waals surface area contributed by atoms with E-state index >= 15 is 0 Å². The molecule has 7 heteroatoms. The molecule has 0 saturated carbocycles. The summed E-state index contributed by atoms with van der Waals surface area (Å²) in [6, 6.07) is 7.84. The number of aryl methyl sites for hydroxylation is 1. The van der Waals surface area contributed by atoms with Crippen LogP contribution in [0.25, 0.3) is 11.4 Å². The Bertz CT molecular complexity index is 637. The molecule has 1 aromatic carbocycles. The largest absolute Gasteiger partial charge is 0.370 e. The van der Waals surface area contributed by atoms with Gasteiger partial charge < -0.3 is 19.9 Å². The number of rotatable bonds is 2. The lowest BCUT2D eigenvalue weighted by atomic mass is 10.1. The second-order valence-electron chi connectivity index (χ2n) is 4.95. The van der Waals surface area contributed by atoms with E-state index in [1.807, 2.05) is 29.2 Å². The molecule has 3 rings (SSSR count). The Morgan fingerprint density at radius 2 is 2.14 bits per heavy atom. The highest BCUT2D eigenvalue weighted by atomic mass is 16.5. The van der Waals surface area contributed by atoms with E-state index in [0.717, 1.165) is 11.1 Å². The van der Waals surface area contributed by atoms with Gasteiger partial charge in [-0.2, -0.15) is 4.98 Å². The van der Waals surface area contributed by atoms with Crippen molar-refractivity contribution < 1.29 is 9.26 Å². The number of nitrogens with one attached hydrogen (secondary N) is 1. The zero-order chi connectivity index (χ0) is 14.8. The van der Waals surface area contributed by atoms with Crippen molar-refractivity contribution >= 4 is 5.96 Å². The minimum Gasteiger partial charge on any atom is -0.370 e. The molecule has 7 nitrogen and oxygen atoms in total. The molecule has 0 aliphatic carbocycles. The van der Waals surface area contributed by atoms with Crippen LogP contribution >= 0.6 is 0 Å². The molecule has 0 spiro atoms. The van der Waals surface area contributed by atoms with Gasteiger partial charge in [-0.25, -0.2) is 0 Å². The van der Waals surface area contributed by atoms with Crippen LogP contribution in [0.1, 0.15) is 17.6 Å². The van der Waals surface area contributed by atoms with E-state index in [1.54, 1.807) is 6.92 Å². The number of hydrogen-bond acceptors (Lipinski definition) is 5. The van der Waals surface area contributed by atoms with E-state index in [4.69, 9.17) is 20.4 Å². The molecule has 0 bridgehead atoms. The maximum atomic E-state index is 7.51. The summed E-state index contributed by atoms with van der Waals surface area (Å²) in [6.45, 7) is 3.58. The van der Waals surface area contributed by atoms with E-state index in [2.05, 4.69) is 10.1 Å². The number of ether oxygens (including phenoxy) is 1. The summed E-state index contributed by atoms with van der Waals surface area (Å²) in [7, 11) is 0. The van der Waals surface area contributed by atoms with Crippen LogP contribution in [0.5, 0.6) is 0 Å². The Labute approximate surface area is 122 Å². The fourth-order valence-electron chi connectivity index (χ4n) is 2.33. The number of guanidine groups is 1. The third-order valence-corrected chi connectivity index (χ3v) is 3.48. The molecule has 1 aliphatic heterocycles. The Morgan fingerprint density at radius 3 is 2.76 bits per heavy atom.